The van der Waals surface area contributed by atoms with Gasteiger partial charge in [0, 0.05) is 12.1 Å². The summed E-state index contributed by atoms with van der Waals surface area (Å²) in [6.07, 6.45) is -4.14. The van der Waals surface area contributed by atoms with E-state index in [0.29, 0.717) is 5.69 Å². The molecule has 1 aromatic rings. The smallest absolute Gasteiger partial charge is 0.411 e. The van der Waals surface area contributed by atoms with Crippen molar-refractivity contribution in [3.8, 4) is 5.75 Å². The SMILES string of the molecule is Cc1ccc(OCCCOCC(F)(F)F)c(C(=O)O)n1. The summed E-state index contributed by atoms with van der Waals surface area (Å²) in [4.78, 5) is 14.7. The number of ether oxygens (including phenoxy) is 2. The van der Waals surface area contributed by atoms with Gasteiger partial charge in [-0.3, -0.25) is 0 Å². The van der Waals surface area contributed by atoms with Crippen molar-refractivity contribution in [1.82, 2.24) is 4.98 Å². The summed E-state index contributed by atoms with van der Waals surface area (Å²) in [7, 11) is 0. The molecule has 0 aliphatic rings. The highest BCUT2D eigenvalue weighted by Crippen LogP contribution is 2.17. The number of halogens is 3. The number of aromatic nitrogens is 1. The van der Waals surface area contributed by atoms with Crippen LogP contribution in [0.3, 0.4) is 0 Å². The van der Waals surface area contributed by atoms with Gasteiger partial charge in [-0.05, 0) is 19.1 Å². The number of aryl methyl sites for hydroxylation is 1. The zero-order valence-corrected chi connectivity index (χ0v) is 10.7. The minimum absolute atomic E-state index is 0.0445. The molecule has 0 bridgehead atoms. The summed E-state index contributed by atoms with van der Waals surface area (Å²) in [6.45, 7) is 0.255. The fourth-order valence-corrected chi connectivity index (χ4v) is 1.34. The summed E-state index contributed by atoms with van der Waals surface area (Å²) in [6, 6.07) is 3.05. The van der Waals surface area contributed by atoms with E-state index in [4.69, 9.17) is 9.84 Å². The van der Waals surface area contributed by atoms with E-state index in [2.05, 4.69) is 9.72 Å². The Kier molecular flexibility index (Phi) is 5.75. The van der Waals surface area contributed by atoms with Gasteiger partial charge >= 0.3 is 12.1 Å². The van der Waals surface area contributed by atoms with Gasteiger partial charge in [-0.25, -0.2) is 9.78 Å². The van der Waals surface area contributed by atoms with Gasteiger partial charge in [-0.2, -0.15) is 13.2 Å². The number of hydrogen-bond acceptors (Lipinski definition) is 4. The number of alkyl halides is 3. The molecule has 5 nitrogen and oxygen atoms in total. The molecular weight excluding hydrogens is 279 g/mol. The molecule has 0 radical (unpaired) electrons. The van der Waals surface area contributed by atoms with Gasteiger partial charge in [0.15, 0.2) is 11.4 Å². The minimum Gasteiger partial charge on any atom is -0.491 e. The Morgan fingerprint density at radius 1 is 1.35 bits per heavy atom. The van der Waals surface area contributed by atoms with Crippen molar-refractivity contribution in [1.29, 1.82) is 0 Å². The number of carbonyl (C=O) groups is 1. The van der Waals surface area contributed by atoms with Gasteiger partial charge in [0.2, 0.25) is 0 Å². The highest BCUT2D eigenvalue weighted by Gasteiger charge is 2.27. The maximum absolute atomic E-state index is 11.8. The quantitative estimate of drug-likeness (QED) is 0.782. The summed E-state index contributed by atoms with van der Waals surface area (Å²) < 4.78 is 44.9. The van der Waals surface area contributed by atoms with Gasteiger partial charge in [0.25, 0.3) is 0 Å². The Hall–Kier alpha value is -1.83. The van der Waals surface area contributed by atoms with E-state index in [1.807, 2.05) is 0 Å². The summed E-state index contributed by atoms with van der Waals surface area (Å²) in [5.41, 5.74) is 0.310. The largest absolute Gasteiger partial charge is 0.491 e. The standard InChI is InChI=1S/C12H14F3NO4/c1-8-3-4-9(10(16-8)11(17)18)20-6-2-5-19-7-12(13,14)15/h3-4H,2,5-7H2,1H3,(H,17,18). The fraction of sp³-hybridized carbons (Fsp3) is 0.500. The van der Waals surface area contributed by atoms with Crippen LogP contribution in [0.5, 0.6) is 5.75 Å². The number of rotatable bonds is 7. The first kappa shape index (κ1) is 16.2. The monoisotopic (exact) mass is 293 g/mol. The Morgan fingerprint density at radius 2 is 2.05 bits per heavy atom. The number of hydrogen-bond donors (Lipinski definition) is 1. The Bertz CT molecular complexity index is 463. The lowest BCUT2D eigenvalue weighted by molar-refractivity contribution is -0.174. The molecule has 0 atom stereocenters. The molecule has 0 spiro atoms. The van der Waals surface area contributed by atoms with Crippen LogP contribution < -0.4 is 4.74 Å². The third-order valence-electron chi connectivity index (χ3n) is 2.16. The van der Waals surface area contributed by atoms with Crippen LogP contribution in [0.2, 0.25) is 0 Å². The van der Waals surface area contributed by atoms with Crippen molar-refractivity contribution in [3.05, 3.63) is 23.5 Å². The average molecular weight is 293 g/mol. The lowest BCUT2D eigenvalue weighted by atomic mass is 10.3. The maximum Gasteiger partial charge on any atom is 0.411 e. The topological polar surface area (TPSA) is 68.7 Å². The van der Waals surface area contributed by atoms with Crippen molar-refractivity contribution >= 4 is 5.97 Å². The summed E-state index contributed by atoms with van der Waals surface area (Å²) >= 11 is 0. The number of pyridine rings is 1. The van der Waals surface area contributed by atoms with Crippen LogP contribution in [0, 0.1) is 6.92 Å². The van der Waals surface area contributed by atoms with Crippen molar-refractivity contribution in [2.75, 3.05) is 19.8 Å². The van der Waals surface area contributed by atoms with Crippen LogP contribution in [-0.4, -0.2) is 42.1 Å². The molecule has 0 aromatic carbocycles. The van der Waals surface area contributed by atoms with Gasteiger partial charge in [0.1, 0.15) is 6.61 Å². The number of aromatic carboxylic acids is 1. The molecule has 0 fully saturated rings. The second-order valence-corrected chi connectivity index (χ2v) is 3.97. The first-order valence-corrected chi connectivity index (χ1v) is 5.78. The van der Waals surface area contributed by atoms with E-state index in [9.17, 15) is 18.0 Å². The molecule has 112 valence electrons. The number of nitrogens with zero attached hydrogens (tertiary/aromatic N) is 1. The first-order valence-electron chi connectivity index (χ1n) is 5.78. The molecule has 0 aliphatic heterocycles. The molecule has 8 heteroatoms. The zero-order chi connectivity index (χ0) is 15.2. The van der Waals surface area contributed by atoms with E-state index < -0.39 is 18.8 Å². The van der Waals surface area contributed by atoms with E-state index in [-0.39, 0.29) is 31.1 Å². The predicted octanol–water partition coefficient (Wildman–Crippen LogP) is 2.44. The minimum atomic E-state index is -4.35. The van der Waals surface area contributed by atoms with Crippen LogP contribution in [0.4, 0.5) is 13.2 Å². The first-order chi connectivity index (χ1) is 9.29. The van der Waals surface area contributed by atoms with E-state index in [1.165, 1.54) is 6.07 Å². The molecule has 20 heavy (non-hydrogen) atoms. The van der Waals surface area contributed by atoms with E-state index >= 15 is 0 Å². The number of carboxylic acid groups (broad SMARTS) is 1. The van der Waals surface area contributed by atoms with Crippen molar-refractivity contribution < 1.29 is 32.5 Å². The Balaban J connectivity index is 2.37. The van der Waals surface area contributed by atoms with E-state index in [1.54, 1.807) is 13.0 Å². The van der Waals surface area contributed by atoms with Gasteiger partial charge in [-0.15, -0.1) is 0 Å². The third-order valence-corrected chi connectivity index (χ3v) is 2.16. The van der Waals surface area contributed by atoms with Crippen LogP contribution >= 0.6 is 0 Å². The zero-order valence-electron chi connectivity index (χ0n) is 10.7. The Morgan fingerprint density at radius 3 is 2.65 bits per heavy atom. The lowest BCUT2D eigenvalue weighted by Gasteiger charge is -2.10. The fourth-order valence-electron chi connectivity index (χ4n) is 1.34. The highest BCUT2D eigenvalue weighted by atomic mass is 19.4. The summed E-state index contributed by atoms with van der Waals surface area (Å²) in [5.74, 6) is -1.14. The lowest BCUT2D eigenvalue weighted by Crippen LogP contribution is -2.18. The van der Waals surface area contributed by atoms with Crippen LogP contribution in [-0.2, 0) is 4.74 Å². The molecule has 0 aliphatic carbocycles. The van der Waals surface area contributed by atoms with Crippen molar-refractivity contribution in [3.63, 3.8) is 0 Å². The predicted molar refractivity (Wildman–Crippen MR) is 62.9 cm³/mol. The molecule has 1 N–H and O–H groups in total. The molecule has 1 heterocycles. The van der Waals surface area contributed by atoms with Gasteiger partial charge < -0.3 is 14.6 Å². The second-order valence-electron chi connectivity index (χ2n) is 3.97. The van der Waals surface area contributed by atoms with Crippen LogP contribution in [0.15, 0.2) is 12.1 Å². The average Bonchev–Trinajstić information content (AvgIpc) is 2.33. The molecule has 0 saturated heterocycles. The van der Waals surface area contributed by atoms with Crippen molar-refractivity contribution in [2.45, 2.75) is 19.5 Å². The highest BCUT2D eigenvalue weighted by molar-refractivity contribution is 5.88. The van der Waals surface area contributed by atoms with Crippen molar-refractivity contribution in [2.24, 2.45) is 0 Å². The molecular formula is C12H14F3NO4. The summed E-state index contributed by atoms with van der Waals surface area (Å²) in [5, 5.41) is 8.93. The molecule has 1 aromatic heterocycles. The molecule has 0 unspecified atom stereocenters. The second kappa shape index (κ2) is 7.09. The van der Waals surface area contributed by atoms with Crippen LogP contribution in [0.25, 0.3) is 0 Å². The molecule has 0 amide bonds. The van der Waals surface area contributed by atoms with Crippen LogP contribution in [0.1, 0.15) is 22.6 Å². The number of carboxylic acids is 1. The third kappa shape index (κ3) is 5.87. The van der Waals surface area contributed by atoms with Gasteiger partial charge in [-0.1, -0.05) is 0 Å². The normalized spacial score (nSPS) is 11.4. The Labute approximate surface area is 113 Å². The molecule has 1 rings (SSSR count). The molecule has 0 saturated carbocycles. The van der Waals surface area contributed by atoms with Gasteiger partial charge in [0.05, 0.1) is 13.2 Å². The van der Waals surface area contributed by atoms with E-state index in [0.717, 1.165) is 0 Å². The maximum atomic E-state index is 11.8.